The molecular weight excluding hydrogens is 284 g/mol. The van der Waals surface area contributed by atoms with Gasteiger partial charge >= 0.3 is 0 Å². The lowest BCUT2D eigenvalue weighted by Crippen LogP contribution is -2.31. The van der Waals surface area contributed by atoms with Gasteiger partial charge in [-0.3, -0.25) is 4.79 Å². The second-order valence-corrected chi connectivity index (χ2v) is 4.75. The van der Waals surface area contributed by atoms with Crippen molar-refractivity contribution in [2.45, 2.75) is 4.83 Å². The van der Waals surface area contributed by atoms with Gasteiger partial charge < -0.3 is 10.1 Å². The lowest BCUT2D eigenvalue weighted by atomic mass is 10.1. The summed E-state index contributed by atoms with van der Waals surface area (Å²) in [6, 6.07) is 8.51. The summed E-state index contributed by atoms with van der Waals surface area (Å²) >= 11 is 3.38. The molecule has 0 fully saturated rings. The molecule has 0 aliphatic rings. The summed E-state index contributed by atoms with van der Waals surface area (Å²) in [5, 5.41) is 11.4. The first-order valence-corrected chi connectivity index (χ1v) is 6.00. The third-order valence-electron chi connectivity index (χ3n) is 2.11. The molecule has 0 bridgehead atoms. The molecule has 1 atom stereocenters. The number of alkyl halides is 1. The van der Waals surface area contributed by atoms with Gasteiger partial charge in [0.1, 0.15) is 0 Å². The molecule has 4 nitrogen and oxygen atoms in total. The highest BCUT2D eigenvalue weighted by Gasteiger charge is 2.08. The quantitative estimate of drug-likeness (QED) is 0.841. The molecule has 1 N–H and O–H groups in total. The number of hydrogen-bond acceptors (Lipinski definition) is 3. The number of hydrogen-bond donors (Lipinski definition) is 1. The summed E-state index contributed by atoms with van der Waals surface area (Å²) in [5.41, 5.74) is 1.08. The van der Waals surface area contributed by atoms with Crippen LogP contribution in [0.2, 0.25) is 0 Å². The van der Waals surface area contributed by atoms with Crippen molar-refractivity contribution in [2.24, 2.45) is 0 Å². The van der Waals surface area contributed by atoms with Crippen LogP contribution in [0.15, 0.2) is 24.3 Å². The van der Waals surface area contributed by atoms with Gasteiger partial charge in [-0.2, -0.15) is 5.26 Å². The number of carbonyl (C=O) groups excluding carboxylic acids is 1. The number of ether oxygens (including phenoxy) is 1. The van der Waals surface area contributed by atoms with Crippen molar-refractivity contribution in [3.63, 3.8) is 0 Å². The number of nitriles is 1. The highest BCUT2D eigenvalue weighted by Crippen LogP contribution is 2.04. The highest BCUT2D eigenvalue weighted by molar-refractivity contribution is 9.09. The SMILES string of the molecule is COCC(Br)CNC(=O)c1ccc(C#N)cc1. The molecule has 1 rings (SSSR count). The van der Waals surface area contributed by atoms with Crippen molar-refractivity contribution in [1.29, 1.82) is 5.26 Å². The number of benzene rings is 1. The molecule has 90 valence electrons. The van der Waals surface area contributed by atoms with E-state index >= 15 is 0 Å². The van der Waals surface area contributed by atoms with E-state index in [1.165, 1.54) is 0 Å². The monoisotopic (exact) mass is 296 g/mol. The fourth-order valence-corrected chi connectivity index (χ4v) is 1.67. The zero-order chi connectivity index (χ0) is 12.7. The van der Waals surface area contributed by atoms with E-state index in [9.17, 15) is 4.79 Å². The van der Waals surface area contributed by atoms with Crippen LogP contribution in [0.5, 0.6) is 0 Å². The molecule has 1 unspecified atom stereocenters. The van der Waals surface area contributed by atoms with Crippen molar-refractivity contribution in [1.82, 2.24) is 5.32 Å². The number of methoxy groups -OCH3 is 1. The molecule has 0 heterocycles. The first-order valence-electron chi connectivity index (χ1n) is 5.08. The molecule has 0 radical (unpaired) electrons. The Balaban J connectivity index is 2.50. The van der Waals surface area contributed by atoms with Crippen LogP contribution in [0.1, 0.15) is 15.9 Å². The van der Waals surface area contributed by atoms with Gasteiger partial charge in [-0.15, -0.1) is 0 Å². The Morgan fingerprint density at radius 1 is 1.53 bits per heavy atom. The average Bonchev–Trinajstić information content (AvgIpc) is 2.36. The molecule has 0 aliphatic heterocycles. The second-order valence-electron chi connectivity index (χ2n) is 3.45. The minimum Gasteiger partial charge on any atom is -0.383 e. The zero-order valence-corrected chi connectivity index (χ0v) is 11.0. The van der Waals surface area contributed by atoms with Gasteiger partial charge in [0, 0.05) is 19.2 Å². The van der Waals surface area contributed by atoms with Crippen LogP contribution < -0.4 is 5.32 Å². The van der Waals surface area contributed by atoms with Crippen LogP contribution in [0.4, 0.5) is 0 Å². The Morgan fingerprint density at radius 2 is 2.18 bits per heavy atom. The molecule has 1 aromatic carbocycles. The molecule has 0 saturated heterocycles. The van der Waals surface area contributed by atoms with E-state index < -0.39 is 0 Å². The van der Waals surface area contributed by atoms with Gasteiger partial charge in [0.2, 0.25) is 0 Å². The highest BCUT2D eigenvalue weighted by atomic mass is 79.9. The lowest BCUT2D eigenvalue weighted by molar-refractivity contribution is 0.0950. The number of carbonyl (C=O) groups is 1. The zero-order valence-electron chi connectivity index (χ0n) is 9.44. The van der Waals surface area contributed by atoms with E-state index in [-0.39, 0.29) is 10.7 Å². The third-order valence-corrected chi connectivity index (χ3v) is 2.70. The van der Waals surface area contributed by atoms with Crippen LogP contribution in [0.3, 0.4) is 0 Å². The first kappa shape index (κ1) is 13.7. The number of rotatable bonds is 5. The molecule has 1 amide bonds. The standard InChI is InChI=1S/C12H13BrN2O2/c1-17-8-11(13)7-15-12(16)10-4-2-9(6-14)3-5-10/h2-5,11H,7-8H2,1H3,(H,15,16). The second kappa shape index (κ2) is 7.05. The fourth-order valence-electron chi connectivity index (χ4n) is 1.24. The van der Waals surface area contributed by atoms with Crippen molar-refractivity contribution in [3.8, 4) is 6.07 Å². The minimum absolute atomic E-state index is 0.0924. The molecule has 0 aromatic heterocycles. The smallest absolute Gasteiger partial charge is 0.251 e. The molecule has 17 heavy (non-hydrogen) atoms. The molecule has 0 aliphatic carbocycles. The van der Waals surface area contributed by atoms with Gasteiger partial charge in [0.15, 0.2) is 0 Å². The lowest BCUT2D eigenvalue weighted by Gasteiger charge is -2.10. The van der Waals surface area contributed by atoms with Crippen LogP contribution in [0.25, 0.3) is 0 Å². The Labute approximate surface area is 109 Å². The van der Waals surface area contributed by atoms with Gasteiger partial charge in [-0.1, -0.05) is 15.9 Å². The summed E-state index contributed by atoms with van der Waals surface area (Å²) in [4.78, 5) is 11.8. The number of nitrogens with one attached hydrogen (secondary N) is 1. The van der Waals surface area contributed by atoms with E-state index in [0.29, 0.717) is 24.3 Å². The number of halogens is 1. The van der Waals surface area contributed by atoms with Gasteiger partial charge in [0.05, 0.1) is 23.1 Å². The number of nitrogens with zero attached hydrogens (tertiary/aromatic N) is 1. The van der Waals surface area contributed by atoms with E-state index in [1.807, 2.05) is 6.07 Å². The van der Waals surface area contributed by atoms with E-state index in [2.05, 4.69) is 21.2 Å². The first-order chi connectivity index (χ1) is 8.17. The maximum atomic E-state index is 11.7. The van der Waals surface area contributed by atoms with E-state index in [1.54, 1.807) is 31.4 Å². The van der Waals surface area contributed by atoms with Crippen molar-refractivity contribution < 1.29 is 9.53 Å². The average molecular weight is 297 g/mol. The van der Waals surface area contributed by atoms with E-state index in [0.717, 1.165) is 0 Å². The Kier molecular flexibility index (Phi) is 5.67. The predicted octanol–water partition coefficient (Wildman–Crippen LogP) is 1.70. The largest absolute Gasteiger partial charge is 0.383 e. The van der Waals surface area contributed by atoms with Gasteiger partial charge in [-0.05, 0) is 24.3 Å². The van der Waals surface area contributed by atoms with Crippen molar-refractivity contribution in [3.05, 3.63) is 35.4 Å². The Morgan fingerprint density at radius 3 is 2.71 bits per heavy atom. The predicted molar refractivity (Wildman–Crippen MR) is 68.1 cm³/mol. The molecular formula is C12H13BrN2O2. The minimum atomic E-state index is -0.157. The Bertz CT molecular complexity index is 412. The van der Waals surface area contributed by atoms with Crippen LogP contribution in [-0.2, 0) is 4.74 Å². The van der Waals surface area contributed by atoms with Gasteiger partial charge in [-0.25, -0.2) is 0 Å². The normalized spacial score (nSPS) is 11.6. The molecule has 1 aromatic rings. The number of amides is 1. The summed E-state index contributed by atoms with van der Waals surface area (Å²) in [5.74, 6) is -0.157. The summed E-state index contributed by atoms with van der Waals surface area (Å²) in [6.45, 7) is 1.03. The molecule has 5 heteroatoms. The van der Waals surface area contributed by atoms with Gasteiger partial charge in [0.25, 0.3) is 5.91 Å². The molecule has 0 saturated carbocycles. The fraction of sp³-hybridized carbons (Fsp3) is 0.333. The van der Waals surface area contributed by atoms with Crippen LogP contribution >= 0.6 is 15.9 Å². The van der Waals surface area contributed by atoms with Crippen LogP contribution in [-0.4, -0.2) is 31.0 Å². The summed E-state index contributed by atoms with van der Waals surface area (Å²) in [7, 11) is 1.61. The maximum Gasteiger partial charge on any atom is 0.251 e. The summed E-state index contributed by atoms with van der Waals surface area (Å²) in [6.07, 6.45) is 0. The van der Waals surface area contributed by atoms with E-state index in [4.69, 9.17) is 10.00 Å². The van der Waals surface area contributed by atoms with Crippen molar-refractivity contribution in [2.75, 3.05) is 20.3 Å². The van der Waals surface area contributed by atoms with Crippen LogP contribution in [0, 0.1) is 11.3 Å². The van der Waals surface area contributed by atoms with Crippen molar-refractivity contribution >= 4 is 21.8 Å². The molecule has 0 spiro atoms. The third kappa shape index (κ3) is 4.55. The Hall–Kier alpha value is -1.38. The summed E-state index contributed by atoms with van der Waals surface area (Å²) < 4.78 is 4.94. The topological polar surface area (TPSA) is 62.1 Å². The maximum absolute atomic E-state index is 11.7.